The number of hydrogen-bond acceptors (Lipinski definition) is 3. The van der Waals surface area contributed by atoms with E-state index < -0.39 is 29.7 Å². The quantitative estimate of drug-likeness (QED) is 0.691. The van der Waals surface area contributed by atoms with Crippen LogP contribution in [0.4, 0.5) is 4.39 Å². The Balaban J connectivity index is 3.12. The van der Waals surface area contributed by atoms with Gasteiger partial charge in [-0.25, -0.2) is 4.39 Å². The van der Waals surface area contributed by atoms with Gasteiger partial charge in [-0.2, -0.15) is 0 Å². The number of aliphatic carboxylic acids is 2. The van der Waals surface area contributed by atoms with Gasteiger partial charge in [0.1, 0.15) is 17.8 Å². The van der Waals surface area contributed by atoms with Crippen molar-refractivity contribution >= 4 is 11.9 Å². The highest BCUT2D eigenvalue weighted by atomic mass is 19.1. The number of benzene rings is 1. The first-order valence-electron chi connectivity index (χ1n) is 4.40. The van der Waals surface area contributed by atoms with E-state index in [1.165, 1.54) is 12.1 Å². The van der Waals surface area contributed by atoms with Crippen molar-refractivity contribution in [1.82, 2.24) is 0 Å². The molecule has 6 heteroatoms. The van der Waals surface area contributed by atoms with Gasteiger partial charge in [-0.05, 0) is 17.7 Å². The number of carboxylic acid groups (broad SMARTS) is 2. The fraction of sp³-hybridized carbons (Fsp3) is 0.200. The Kier molecular flexibility index (Phi) is 3.57. The van der Waals surface area contributed by atoms with Crippen molar-refractivity contribution in [3.63, 3.8) is 0 Å². The first-order chi connectivity index (χ1) is 7.43. The molecule has 0 saturated heterocycles. The van der Waals surface area contributed by atoms with Gasteiger partial charge >= 0.3 is 11.9 Å². The van der Waals surface area contributed by atoms with Crippen LogP contribution in [0.15, 0.2) is 24.3 Å². The second kappa shape index (κ2) is 4.71. The lowest BCUT2D eigenvalue weighted by Crippen LogP contribution is -2.40. The average Bonchev–Trinajstić information content (AvgIpc) is 2.17. The molecule has 0 bridgehead atoms. The van der Waals surface area contributed by atoms with E-state index in [1.807, 2.05) is 0 Å². The normalized spacial score (nSPS) is 14.1. The van der Waals surface area contributed by atoms with E-state index in [0.29, 0.717) is 0 Å². The predicted octanol–water partition coefficient (Wildman–Crippen LogP) is 0.406. The highest BCUT2D eigenvalue weighted by molar-refractivity contribution is 5.86. The third-order valence-corrected chi connectivity index (χ3v) is 2.12. The fourth-order valence-electron chi connectivity index (χ4n) is 1.35. The zero-order chi connectivity index (χ0) is 12.3. The predicted molar refractivity (Wildman–Crippen MR) is 52.4 cm³/mol. The molecule has 1 aromatic rings. The number of nitrogens with two attached hydrogens (primary N) is 1. The second-order valence-electron chi connectivity index (χ2n) is 3.23. The number of carboxylic acids is 2. The van der Waals surface area contributed by atoms with Crippen LogP contribution in [-0.4, -0.2) is 28.2 Å². The molecule has 0 aliphatic carbocycles. The van der Waals surface area contributed by atoms with Crippen LogP contribution < -0.4 is 5.73 Å². The molecular formula is C10H10FNO4. The zero-order valence-electron chi connectivity index (χ0n) is 8.13. The molecule has 4 N–H and O–H groups in total. The van der Waals surface area contributed by atoms with E-state index in [9.17, 15) is 14.0 Å². The van der Waals surface area contributed by atoms with Gasteiger partial charge in [0.15, 0.2) is 0 Å². The Morgan fingerprint density at radius 3 is 2.31 bits per heavy atom. The summed E-state index contributed by atoms with van der Waals surface area (Å²) in [4.78, 5) is 21.5. The van der Waals surface area contributed by atoms with Crippen molar-refractivity contribution in [2.75, 3.05) is 0 Å². The number of rotatable bonds is 4. The Labute approximate surface area is 90.3 Å². The molecule has 1 aromatic carbocycles. The van der Waals surface area contributed by atoms with E-state index in [4.69, 9.17) is 15.9 Å². The molecule has 0 saturated carbocycles. The van der Waals surface area contributed by atoms with Crippen molar-refractivity contribution in [3.05, 3.63) is 35.6 Å². The minimum Gasteiger partial charge on any atom is -0.481 e. The van der Waals surface area contributed by atoms with Crippen LogP contribution in [0, 0.1) is 5.82 Å². The maximum Gasteiger partial charge on any atom is 0.321 e. The van der Waals surface area contributed by atoms with Crippen LogP contribution in [0.25, 0.3) is 0 Å². The van der Waals surface area contributed by atoms with Gasteiger partial charge in [0.2, 0.25) is 0 Å². The Bertz CT molecular complexity index is 421. The SMILES string of the molecule is NC(C(=O)O)C(C(=O)O)c1cccc(F)c1. The Morgan fingerprint density at radius 2 is 1.88 bits per heavy atom. The van der Waals surface area contributed by atoms with Gasteiger partial charge in [0, 0.05) is 0 Å². The molecule has 0 aliphatic heterocycles. The summed E-state index contributed by atoms with van der Waals surface area (Å²) in [6.07, 6.45) is 0. The van der Waals surface area contributed by atoms with E-state index in [0.717, 1.165) is 12.1 Å². The van der Waals surface area contributed by atoms with Gasteiger partial charge in [-0.3, -0.25) is 9.59 Å². The molecular weight excluding hydrogens is 217 g/mol. The molecule has 2 atom stereocenters. The molecule has 0 fully saturated rings. The Morgan fingerprint density at radius 1 is 1.25 bits per heavy atom. The summed E-state index contributed by atoms with van der Waals surface area (Å²) in [7, 11) is 0. The maximum atomic E-state index is 12.9. The molecule has 0 heterocycles. The highest BCUT2D eigenvalue weighted by Crippen LogP contribution is 2.20. The maximum absolute atomic E-state index is 12.9. The number of carbonyl (C=O) groups is 2. The number of hydrogen-bond donors (Lipinski definition) is 3. The molecule has 2 unspecified atom stereocenters. The molecule has 1 rings (SSSR count). The standard InChI is InChI=1S/C10H10FNO4/c11-6-3-1-2-5(4-6)7(9(13)14)8(12)10(15)16/h1-4,7-8H,12H2,(H,13,14)(H,15,16). The smallest absolute Gasteiger partial charge is 0.321 e. The lowest BCUT2D eigenvalue weighted by Gasteiger charge is -2.16. The summed E-state index contributed by atoms with van der Waals surface area (Å²) in [5, 5.41) is 17.5. The van der Waals surface area contributed by atoms with Crippen molar-refractivity contribution in [2.45, 2.75) is 12.0 Å². The molecule has 16 heavy (non-hydrogen) atoms. The largest absolute Gasteiger partial charge is 0.481 e. The van der Waals surface area contributed by atoms with E-state index >= 15 is 0 Å². The van der Waals surface area contributed by atoms with E-state index in [-0.39, 0.29) is 5.56 Å². The fourth-order valence-corrected chi connectivity index (χ4v) is 1.35. The zero-order valence-corrected chi connectivity index (χ0v) is 8.13. The van der Waals surface area contributed by atoms with Gasteiger partial charge < -0.3 is 15.9 Å². The van der Waals surface area contributed by atoms with Crippen molar-refractivity contribution in [3.8, 4) is 0 Å². The van der Waals surface area contributed by atoms with Crippen molar-refractivity contribution in [2.24, 2.45) is 5.73 Å². The minimum absolute atomic E-state index is 0.0300. The van der Waals surface area contributed by atoms with Gasteiger partial charge in [-0.15, -0.1) is 0 Å². The van der Waals surface area contributed by atoms with Crippen molar-refractivity contribution in [1.29, 1.82) is 0 Å². The van der Waals surface area contributed by atoms with Crippen LogP contribution in [0.3, 0.4) is 0 Å². The van der Waals surface area contributed by atoms with E-state index in [2.05, 4.69) is 0 Å². The summed E-state index contributed by atoms with van der Waals surface area (Å²) in [6, 6.07) is 3.11. The van der Waals surface area contributed by atoms with Gasteiger partial charge in [0.25, 0.3) is 0 Å². The third kappa shape index (κ3) is 2.54. The van der Waals surface area contributed by atoms with Gasteiger partial charge in [-0.1, -0.05) is 12.1 Å². The third-order valence-electron chi connectivity index (χ3n) is 2.12. The van der Waals surface area contributed by atoms with Crippen LogP contribution in [0.5, 0.6) is 0 Å². The lowest BCUT2D eigenvalue weighted by molar-refractivity contribution is -0.146. The summed E-state index contributed by atoms with van der Waals surface area (Å²) in [6.45, 7) is 0. The molecule has 5 nitrogen and oxygen atoms in total. The number of halogens is 1. The first kappa shape index (κ1) is 12.1. The van der Waals surface area contributed by atoms with Crippen LogP contribution in [0.2, 0.25) is 0 Å². The molecule has 0 spiro atoms. The van der Waals surface area contributed by atoms with Crippen LogP contribution in [0.1, 0.15) is 11.5 Å². The summed E-state index contributed by atoms with van der Waals surface area (Å²) in [5.74, 6) is -4.95. The molecule has 0 amide bonds. The molecule has 0 radical (unpaired) electrons. The van der Waals surface area contributed by atoms with Crippen LogP contribution in [-0.2, 0) is 9.59 Å². The Hall–Kier alpha value is -1.95. The summed E-state index contributed by atoms with van der Waals surface area (Å²) in [5.41, 5.74) is 5.27. The second-order valence-corrected chi connectivity index (χ2v) is 3.23. The van der Waals surface area contributed by atoms with E-state index in [1.54, 1.807) is 0 Å². The first-order valence-corrected chi connectivity index (χ1v) is 4.40. The summed E-state index contributed by atoms with van der Waals surface area (Å²) < 4.78 is 12.9. The lowest BCUT2D eigenvalue weighted by atomic mass is 9.92. The van der Waals surface area contributed by atoms with Crippen molar-refractivity contribution < 1.29 is 24.2 Å². The molecule has 0 aromatic heterocycles. The average molecular weight is 227 g/mol. The molecule has 86 valence electrons. The van der Waals surface area contributed by atoms with Gasteiger partial charge in [0.05, 0.1) is 0 Å². The monoisotopic (exact) mass is 227 g/mol. The van der Waals surface area contributed by atoms with Crippen LogP contribution >= 0.6 is 0 Å². The highest BCUT2D eigenvalue weighted by Gasteiger charge is 2.32. The minimum atomic E-state index is -1.61. The summed E-state index contributed by atoms with van der Waals surface area (Å²) >= 11 is 0. The topological polar surface area (TPSA) is 101 Å². The molecule has 0 aliphatic rings.